The van der Waals surface area contributed by atoms with Crippen LogP contribution >= 0.6 is 0 Å². The van der Waals surface area contributed by atoms with Crippen LogP contribution in [0.1, 0.15) is 19.4 Å². The summed E-state index contributed by atoms with van der Waals surface area (Å²) in [6.45, 7) is 7.21. The third-order valence-electron chi connectivity index (χ3n) is 4.54. The van der Waals surface area contributed by atoms with Crippen LogP contribution < -0.4 is 0 Å². The molecule has 1 N–H and O–H groups in total. The molecule has 0 radical (unpaired) electrons. The molecule has 0 aromatic carbocycles. The van der Waals surface area contributed by atoms with Crippen LogP contribution in [0.15, 0.2) is 30.6 Å². The van der Waals surface area contributed by atoms with Gasteiger partial charge in [0.25, 0.3) is 0 Å². The van der Waals surface area contributed by atoms with Gasteiger partial charge in [0.2, 0.25) is 5.91 Å². The molecule has 0 saturated heterocycles. The summed E-state index contributed by atoms with van der Waals surface area (Å²) in [4.78, 5) is 24.4. The highest BCUT2D eigenvalue weighted by atomic mass is 16.2. The number of likely N-dealkylation sites (N-methyl/N-ethyl adjacent to an activating group) is 1. The van der Waals surface area contributed by atoms with E-state index in [0.717, 1.165) is 42.8 Å². The molecule has 5 heteroatoms. The third kappa shape index (κ3) is 3.01. The number of nitrogens with zero attached hydrogens (tertiary/aromatic N) is 3. The first-order valence-electron chi connectivity index (χ1n) is 8.24. The molecule has 0 fully saturated rings. The Hall–Kier alpha value is -2.14. The fourth-order valence-electron chi connectivity index (χ4n) is 3.36. The molecule has 23 heavy (non-hydrogen) atoms. The molecule has 1 amide bonds. The maximum atomic E-state index is 12.7. The lowest BCUT2D eigenvalue weighted by Gasteiger charge is -2.31. The minimum Gasteiger partial charge on any atom is -0.346 e. The molecule has 1 aliphatic heterocycles. The Morgan fingerprint density at radius 2 is 2.22 bits per heavy atom. The van der Waals surface area contributed by atoms with E-state index >= 15 is 0 Å². The highest BCUT2D eigenvalue weighted by Crippen LogP contribution is 2.29. The van der Waals surface area contributed by atoms with Crippen molar-refractivity contribution in [3.63, 3.8) is 0 Å². The van der Waals surface area contributed by atoms with Gasteiger partial charge in [-0.15, -0.1) is 0 Å². The Morgan fingerprint density at radius 3 is 2.96 bits per heavy atom. The Morgan fingerprint density at radius 1 is 1.43 bits per heavy atom. The molecule has 0 spiro atoms. The molecule has 0 unspecified atom stereocenters. The van der Waals surface area contributed by atoms with Crippen LogP contribution in [-0.2, 0) is 4.79 Å². The number of amides is 1. The Kier molecular flexibility index (Phi) is 4.48. The van der Waals surface area contributed by atoms with Gasteiger partial charge in [-0.2, -0.15) is 0 Å². The number of hydrogen-bond donors (Lipinski definition) is 1. The molecule has 0 saturated carbocycles. The Balaban J connectivity index is 1.96. The highest BCUT2D eigenvalue weighted by Gasteiger charge is 2.27. The molecular formula is C18H24N4O. The van der Waals surface area contributed by atoms with E-state index in [-0.39, 0.29) is 11.8 Å². The van der Waals surface area contributed by atoms with Crippen LogP contribution in [-0.4, -0.2) is 58.9 Å². The monoisotopic (exact) mass is 312 g/mol. The first-order chi connectivity index (χ1) is 11.1. The molecule has 1 aliphatic rings. The van der Waals surface area contributed by atoms with Crippen molar-refractivity contribution in [2.75, 3.05) is 33.2 Å². The highest BCUT2D eigenvalue weighted by molar-refractivity contribution is 5.93. The van der Waals surface area contributed by atoms with E-state index in [1.165, 1.54) is 5.57 Å². The van der Waals surface area contributed by atoms with E-state index in [4.69, 9.17) is 0 Å². The maximum absolute atomic E-state index is 12.7. The van der Waals surface area contributed by atoms with E-state index in [1.807, 2.05) is 31.0 Å². The summed E-state index contributed by atoms with van der Waals surface area (Å²) in [6, 6.07) is 4.02. The van der Waals surface area contributed by atoms with Crippen molar-refractivity contribution in [3.8, 4) is 0 Å². The second kappa shape index (κ2) is 6.54. The lowest BCUT2D eigenvalue weighted by Crippen LogP contribution is -2.42. The summed E-state index contributed by atoms with van der Waals surface area (Å²) in [5.41, 5.74) is 3.24. The summed E-state index contributed by atoms with van der Waals surface area (Å²) in [5, 5.41) is 1.11. The topological polar surface area (TPSA) is 52.2 Å². The number of carbonyl (C=O) groups excluding carboxylic acids is 1. The molecular weight excluding hydrogens is 288 g/mol. The molecule has 5 nitrogen and oxygen atoms in total. The van der Waals surface area contributed by atoms with Gasteiger partial charge in [-0.1, -0.05) is 6.08 Å². The van der Waals surface area contributed by atoms with Gasteiger partial charge >= 0.3 is 0 Å². The van der Waals surface area contributed by atoms with E-state index < -0.39 is 0 Å². The second-order valence-electron chi connectivity index (χ2n) is 6.11. The number of pyridine rings is 1. The molecule has 0 bridgehead atoms. The van der Waals surface area contributed by atoms with Crippen LogP contribution in [0.5, 0.6) is 0 Å². The second-order valence-corrected chi connectivity index (χ2v) is 6.11. The zero-order valence-corrected chi connectivity index (χ0v) is 14.0. The summed E-state index contributed by atoms with van der Waals surface area (Å²) >= 11 is 0. The zero-order valence-electron chi connectivity index (χ0n) is 14.0. The van der Waals surface area contributed by atoms with Gasteiger partial charge in [-0.05, 0) is 38.6 Å². The van der Waals surface area contributed by atoms with Crippen LogP contribution in [0.2, 0.25) is 0 Å². The normalized spacial score (nSPS) is 18.9. The van der Waals surface area contributed by atoms with Crippen molar-refractivity contribution < 1.29 is 4.79 Å². The lowest BCUT2D eigenvalue weighted by molar-refractivity contribution is -0.134. The fourth-order valence-corrected chi connectivity index (χ4v) is 3.36. The maximum Gasteiger partial charge on any atom is 0.230 e. The first-order valence-corrected chi connectivity index (χ1v) is 8.24. The quantitative estimate of drug-likeness (QED) is 0.943. The predicted octanol–water partition coefficient (Wildman–Crippen LogP) is 2.38. The first kappa shape index (κ1) is 15.7. The van der Waals surface area contributed by atoms with Crippen molar-refractivity contribution in [2.24, 2.45) is 5.92 Å². The predicted molar refractivity (Wildman–Crippen MR) is 93.0 cm³/mol. The van der Waals surface area contributed by atoms with E-state index in [2.05, 4.69) is 34.1 Å². The summed E-state index contributed by atoms with van der Waals surface area (Å²) in [6.07, 6.45) is 5.94. The molecule has 0 aliphatic carbocycles. The van der Waals surface area contributed by atoms with Gasteiger partial charge in [0, 0.05) is 49.5 Å². The van der Waals surface area contributed by atoms with Gasteiger partial charge in [0.05, 0.1) is 5.92 Å². The number of rotatable bonds is 4. The SMILES string of the molecule is CCN(CC)C(=O)[C@H]1C=C(c2c[nH]c3ncccc23)CN(C)C1. The smallest absolute Gasteiger partial charge is 0.230 e. The molecule has 2 aromatic rings. The van der Waals surface area contributed by atoms with Gasteiger partial charge in [0.1, 0.15) is 5.65 Å². The minimum absolute atomic E-state index is 0.0785. The third-order valence-corrected chi connectivity index (χ3v) is 4.54. The number of fused-ring (bicyclic) bond motifs is 1. The zero-order chi connectivity index (χ0) is 16.4. The molecule has 1 atom stereocenters. The largest absolute Gasteiger partial charge is 0.346 e. The average Bonchev–Trinajstić information content (AvgIpc) is 2.99. The van der Waals surface area contributed by atoms with E-state index in [9.17, 15) is 4.79 Å². The standard InChI is InChI=1S/C18H24N4O/c1-4-22(5-2)18(23)14-9-13(11-21(3)12-14)16-10-20-17-15(16)7-6-8-19-17/h6-10,14H,4-5,11-12H2,1-3H3,(H,19,20)/t14-/m0/s1. The van der Waals surface area contributed by atoms with Crippen molar-refractivity contribution in [1.82, 2.24) is 19.8 Å². The van der Waals surface area contributed by atoms with Gasteiger partial charge in [0.15, 0.2) is 0 Å². The molecule has 122 valence electrons. The van der Waals surface area contributed by atoms with Crippen LogP contribution in [0.4, 0.5) is 0 Å². The Labute approximate surface area is 137 Å². The van der Waals surface area contributed by atoms with Gasteiger partial charge in [-0.25, -0.2) is 4.98 Å². The summed E-state index contributed by atoms with van der Waals surface area (Å²) in [7, 11) is 2.07. The van der Waals surface area contributed by atoms with Gasteiger partial charge < -0.3 is 14.8 Å². The van der Waals surface area contributed by atoms with Gasteiger partial charge in [-0.3, -0.25) is 4.79 Å². The minimum atomic E-state index is -0.0785. The fraction of sp³-hybridized carbons (Fsp3) is 0.444. The van der Waals surface area contributed by atoms with Crippen molar-refractivity contribution in [1.29, 1.82) is 0 Å². The lowest BCUT2D eigenvalue weighted by atomic mass is 9.94. The number of H-pyrrole nitrogens is 1. The van der Waals surface area contributed by atoms with Crippen LogP contribution in [0.25, 0.3) is 16.6 Å². The van der Waals surface area contributed by atoms with E-state index in [1.54, 1.807) is 6.20 Å². The van der Waals surface area contributed by atoms with E-state index in [0.29, 0.717) is 0 Å². The van der Waals surface area contributed by atoms with Crippen molar-refractivity contribution in [3.05, 3.63) is 36.2 Å². The van der Waals surface area contributed by atoms with Crippen LogP contribution in [0.3, 0.4) is 0 Å². The molecule has 3 rings (SSSR count). The summed E-state index contributed by atoms with van der Waals surface area (Å²) < 4.78 is 0. The number of carbonyl (C=O) groups is 1. The summed E-state index contributed by atoms with van der Waals surface area (Å²) in [5.74, 6) is 0.141. The Bertz CT molecular complexity index is 729. The van der Waals surface area contributed by atoms with Crippen LogP contribution in [0, 0.1) is 5.92 Å². The number of nitrogens with one attached hydrogen (secondary N) is 1. The average molecular weight is 312 g/mol. The molecule has 3 heterocycles. The number of aromatic nitrogens is 2. The van der Waals surface area contributed by atoms with Crippen molar-refractivity contribution >= 4 is 22.5 Å². The number of hydrogen-bond acceptors (Lipinski definition) is 3. The van der Waals surface area contributed by atoms with Crippen molar-refractivity contribution in [2.45, 2.75) is 13.8 Å². The number of aromatic amines is 1. The molecule has 2 aromatic heterocycles.